The van der Waals surface area contributed by atoms with Crippen molar-refractivity contribution in [2.24, 2.45) is 0 Å². The van der Waals surface area contributed by atoms with Crippen molar-refractivity contribution in [3.8, 4) is 11.6 Å². The van der Waals surface area contributed by atoms with Gasteiger partial charge in [-0.15, -0.1) is 0 Å². The molecule has 24 heavy (non-hydrogen) atoms. The second-order valence-corrected chi connectivity index (χ2v) is 6.14. The summed E-state index contributed by atoms with van der Waals surface area (Å²) in [5.41, 5.74) is 7.71. The molecule has 2 N–H and O–H groups in total. The van der Waals surface area contributed by atoms with Crippen molar-refractivity contribution in [1.82, 2.24) is 9.97 Å². The maximum absolute atomic E-state index is 6.09. The lowest BCUT2D eigenvalue weighted by Crippen LogP contribution is -2.20. The fraction of sp³-hybridized carbons (Fsp3) is 0.263. The van der Waals surface area contributed by atoms with E-state index in [9.17, 15) is 0 Å². The number of ether oxygens (including phenoxy) is 1. The Morgan fingerprint density at radius 3 is 2.54 bits per heavy atom. The van der Waals surface area contributed by atoms with Crippen LogP contribution in [0.1, 0.15) is 18.5 Å². The van der Waals surface area contributed by atoms with E-state index in [0.29, 0.717) is 5.88 Å². The third kappa shape index (κ3) is 2.73. The molecule has 1 aliphatic heterocycles. The number of nitrogens with zero attached hydrogens (tertiary/aromatic N) is 3. The number of nitrogens with two attached hydrogens (primary N) is 1. The number of rotatable bonds is 3. The first-order chi connectivity index (χ1) is 11.7. The van der Waals surface area contributed by atoms with E-state index in [1.54, 1.807) is 0 Å². The number of aromatic nitrogens is 2. The van der Waals surface area contributed by atoms with Gasteiger partial charge in [-0.25, -0.2) is 4.98 Å². The van der Waals surface area contributed by atoms with Gasteiger partial charge in [0.25, 0.3) is 0 Å². The summed E-state index contributed by atoms with van der Waals surface area (Å²) in [5.74, 6) is 2.08. The van der Waals surface area contributed by atoms with Crippen LogP contribution in [0.25, 0.3) is 10.8 Å². The van der Waals surface area contributed by atoms with Crippen molar-refractivity contribution < 1.29 is 4.74 Å². The molecular weight excluding hydrogens is 300 g/mol. The van der Waals surface area contributed by atoms with Crippen LogP contribution in [0.5, 0.6) is 11.6 Å². The van der Waals surface area contributed by atoms with Crippen LogP contribution in [0.15, 0.2) is 42.5 Å². The predicted octanol–water partition coefficient (Wildman–Crippen LogP) is 3.91. The molecule has 2 heterocycles. The third-order valence-electron chi connectivity index (χ3n) is 4.34. The Hall–Kier alpha value is -2.82. The summed E-state index contributed by atoms with van der Waals surface area (Å²) < 4.78 is 6.09. The minimum atomic E-state index is 0.569. The molecule has 0 unspecified atom stereocenters. The summed E-state index contributed by atoms with van der Waals surface area (Å²) in [6.07, 6.45) is 2.38. The highest BCUT2D eigenvalue weighted by Gasteiger charge is 2.17. The molecule has 1 fully saturated rings. The molecular formula is C19H20N4O. The van der Waals surface area contributed by atoms with Crippen LogP contribution in [-0.2, 0) is 0 Å². The maximum atomic E-state index is 6.09. The van der Waals surface area contributed by atoms with Gasteiger partial charge in [0.05, 0.1) is 0 Å². The monoisotopic (exact) mass is 320 g/mol. The predicted molar refractivity (Wildman–Crippen MR) is 96.7 cm³/mol. The zero-order valence-corrected chi connectivity index (χ0v) is 13.7. The normalized spacial score (nSPS) is 14.3. The van der Waals surface area contributed by atoms with E-state index >= 15 is 0 Å². The molecule has 0 spiro atoms. The molecule has 0 amide bonds. The van der Waals surface area contributed by atoms with Crippen LogP contribution in [0, 0.1) is 6.92 Å². The highest BCUT2D eigenvalue weighted by atomic mass is 16.5. The van der Waals surface area contributed by atoms with Crippen molar-refractivity contribution in [3.05, 3.63) is 48.2 Å². The van der Waals surface area contributed by atoms with Crippen LogP contribution in [0.2, 0.25) is 0 Å². The smallest absolute Gasteiger partial charge is 0.228 e. The first-order valence-electron chi connectivity index (χ1n) is 8.26. The lowest BCUT2D eigenvalue weighted by Gasteiger charge is -2.17. The molecule has 5 heteroatoms. The van der Waals surface area contributed by atoms with Crippen LogP contribution < -0.4 is 15.4 Å². The molecule has 0 radical (unpaired) electrons. The van der Waals surface area contributed by atoms with E-state index in [0.717, 1.165) is 46.9 Å². The quantitative estimate of drug-likeness (QED) is 0.741. The Morgan fingerprint density at radius 2 is 1.75 bits per heavy atom. The van der Waals surface area contributed by atoms with E-state index in [4.69, 9.17) is 10.5 Å². The van der Waals surface area contributed by atoms with Gasteiger partial charge in [-0.05, 0) is 31.9 Å². The van der Waals surface area contributed by atoms with Gasteiger partial charge in [-0.1, -0.05) is 24.3 Å². The maximum Gasteiger partial charge on any atom is 0.228 e. The Kier molecular flexibility index (Phi) is 3.69. The number of fused-ring (bicyclic) bond motifs is 1. The Morgan fingerprint density at radius 1 is 1.00 bits per heavy atom. The SMILES string of the molecule is Cc1cc(Oc2ccc(N)c3ccccc23)nc(N2CCCC2)n1. The van der Waals surface area contributed by atoms with E-state index in [2.05, 4.69) is 14.9 Å². The van der Waals surface area contributed by atoms with Crippen LogP contribution >= 0.6 is 0 Å². The average molecular weight is 320 g/mol. The number of anilines is 2. The summed E-state index contributed by atoms with van der Waals surface area (Å²) in [4.78, 5) is 11.4. The van der Waals surface area contributed by atoms with Crippen molar-refractivity contribution in [2.75, 3.05) is 23.7 Å². The minimum Gasteiger partial charge on any atom is -0.438 e. The highest BCUT2D eigenvalue weighted by Crippen LogP contribution is 2.33. The topological polar surface area (TPSA) is 64.3 Å². The summed E-state index contributed by atoms with van der Waals surface area (Å²) in [5, 5.41) is 1.97. The molecule has 0 bridgehead atoms. The van der Waals surface area contributed by atoms with Crippen molar-refractivity contribution in [1.29, 1.82) is 0 Å². The number of hydrogen-bond acceptors (Lipinski definition) is 5. The van der Waals surface area contributed by atoms with Crippen LogP contribution in [-0.4, -0.2) is 23.1 Å². The molecule has 0 aliphatic carbocycles. The number of hydrogen-bond donors (Lipinski definition) is 1. The zero-order chi connectivity index (χ0) is 16.5. The molecule has 4 rings (SSSR count). The van der Waals surface area contributed by atoms with Crippen molar-refractivity contribution in [2.45, 2.75) is 19.8 Å². The molecule has 1 saturated heterocycles. The van der Waals surface area contributed by atoms with E-state index in [-0.39, 0.29) is 0 Å². The molecule has 3 aromatic rings. The van der Waals surface area contributed by atoms with E-state index in [1.807, 2.05) is 49.4 Å². The standard InChI is InChI=1S/C19H20N4O/c1-13-12-18(22-19(21-13)23-10-4-5-11-23)24-17-9-8-16(20)14-6-2-3-7-15(14)17/h2-3,6-9,12H,4-5,10-11,20H2,1H3. The Bertz CT molecular complexity index is 888. The van der Waals surface area contributed by atoms with Crippen molar-refractivity contribution >= 4 is 22.4 Å². The van der Waals surface area contributed by atoms with Crippen molar-refractivity contribution in [3.63, 3.8) is 0 Å². The summed E-state index contributed by atoms with van der Waals surface area (Å²) in [6, 6.07) is 13.6. The van der Waals surface area contributed by atoms with E-state index < -0.39 is 0 Å². The fourth-order valence-electron chi connectivity index (χ4n) is 3.13. The molecule has 0 saturated carbocycles. The zero-order valence-electron chi connectivity index (χ0n) is 13.7. The van der Waals surface area contributed by atoms with Gasteiger partial charge in [-0.3, -0.25) is 0 Å². The minimum absolute atomic E-state index is 0.569. The van der Waals surface area contributed by atoms with Gasteiger partial charge < -0.3 is 15.4 Å². The summed E-state index contributed by atoms with van der Waals surface area (Å²) in [7, 11) is 0. The summed E-state index contributed by atoms with van der Waals surface area (Å²) >= 11 is 0. The van der Waals surface area contributed by atoms with Gasteiger partial charge in [0.1, 0.15) is 5.75 Å². The largest absolute Gasteiger partial charge is 0.438 e. The first-order valence-corrected chi connectivity index (χ1v) is 8.26. The van der Waals surface area contributed by atoms with Crippen LogP contribution in [0.3, 0.4) is 0 Å². The average Bonchev–Trinajstić information content (AvgIpc) is 3.12. The number of nitrogen functional groups attached to an aromatic ring is 1. The lowest BCUT2D eigenvalue weighted by atomic mass is 10.1. The fourth-order valence-corrected chi connectivity index (χ4v) is 3.13. The Labute approximate surface area is 141 Å². The molecule has 1 aliphatic rings. The molecule has 1 aromatic heterocycles. The third-order valence-corrected chi connectivity index (χ3v) is 4.34. The Balaban J connectivity index is 1.72. The number of aryl methyl sites for hydroxylation is 1. The molecule has 0 atom stereocenters. The van der Waals surface area contributed by atoms with Gasteiger partial charge in [0.15, 0.2) is 0 Å². The molecule has 2 aromatic carbocycles. The second-order valence-electron chi connectivity index (χ2n) is 6.14. The highest BCUT2D eigenvalue weighted by molar-refractivity contribution is 5.97. The van der Waals surface area contributed by atoms with Gasteiger partial charge in [0.2, 0.25) is 11.8 Å². The molecule has 122 valence electrons. The van der Waals surface area contributed by atoms with Gasteiger partial charge in [-0.2, -0.15) is 4.98 Å². The summed E-state index contributed by atoms with van der Waals surface area (Å²) in [6.45, 7) is 3.98. The molecule has 5 nitrogen and oxygen atoms in total. The van der Waals surface area contributed by atoms with Gasteiger partial charge >= 0.3 is 0 Å². The second kappa shape index (κ2) is 6.00. The number of benzene rings is 2. The lowest BCUT2D eigenvalue weighted by molar-refractivity contribution is 0.466. The van der Waals surface area contributed by atoms with E-state index in [1.165, 1.54) is 12.8 Å². The van der Waals surface area contributed by atoms with Crippen LogP contribution in [0.4, 0.5) is 11.6 Å². The van der Waals surface area contributed by atoms with Gasteiger partial charge in [0, 0.05) is 41.3 Å². The first kappa shape index (κ1) is 14.8.